The molecule has 20 heavy (non-hydrogen) atoms. The molecule has 2 rings (SSSR count). The summed E-state index contributed by atoms with van der Waals surface area (Å²) in [5, 5.41) is 0. The first-order valence-corrected chi connectivity index (χ1v) is 8.17. The predicted molar refractivity (Wildman–Crippen MR) is 86.7 cm³/mol. The lowest BCUT2D eigenvalue weighted by Gasteiger charge is -2.34. The third-order valence-electron chi connectivity index (χ3n) is 4.93. The highest BCUT2D eigenvalue weighted by molar-refractivity contribution is 5.25. The molecule has 2 heteroatoms. The van der Waals surface area contributed by atoms with E-state index in [-0.39, 0.29) is 0 Å². The largest absolute Gasteiger partial charge is 0.329 e. The number of nitrogens with zero attached hydrogens (tertiary/aromatic N) is 1. The van der Waals surface area contributed by atoms with Crippen LogP contribution >= 0.6 is 0 Å². The van der Waals surface area contributed by atoms with Gasteiger partial charge in [0.2, 0.25) is 0 Å². The summed E-state index contributed by atoms with van der Waals surface area (Å²) in [6.07, 6.45) is 8.32. The summed E-state index contributed by atoms with van der Waals surface area (Å²) in [5.41, 5.74) is 8.92. The minimum absolute atomic E-state index is 0.535. The molecule has 0 aromatic heterocycles. The molecule has 1 aliphatic carbocycles. The van der Waals surface area contributed by atoms with E-state index in [4.69, 9.17) is 5.73 Å². The van der Waals surface area contributed by atoms with Crippen molar-refractivity contribution < 1.29 is 0 Å². The van der Waals surface area contributed by atoms with Gasteiger partial charge in [-0.05, 0) is 43.9 Å². The van der Waals surface area contributed by atoms with E-state index in [1.807, 2.05) is 0 Å². The highest BCUT2D eigenvalue weighted by Crippen LogP contribution is 2.28. The van der Waals surface area contributed by atoms with Gasteiger partial charge in [-0.25, -0.2) is 0 Å². The second kappa shape index (κ2) is 7.80. The van der Waals surface area contributed by atoms with Gasteiger partial charge in [0.05, 0.1) is 0 Å². The maximum Gasteiger partial charge on any atom is 0.0247 e. The Kier molecular flexibility index (Phi) is 6.06. The van der Waals surface area contributed by atoms with Gasteiger partial charge in [-0.2, -0.15) is 0 Å². The Hall–Kier alpha value is -0.860. The zero-order chi connectivity index (χ0) is 14.4. The Morgan fingerprint density at radius 2 is 1.80 bits per heavy atom. The number of likely N-dealkylation sites (N-methyl/N-ethyl adjacent to an activating group) is 1. The summed E-state index contributed by atoms with van der Waals surface area (Å²) in [5.74, 6) is 0.788. The van der Waals surface area contributed by atoms with Crippen LogP contribution in [0.15, 0.2) is 24.3 Å². The fraction of sp³-hybridized carbons (Fsp3) is 0.667. The Morgan fingerprint density at radius 3 is 2.40 bits per heavy atom. The smallest absolute Gasteiger partial charge is 0.0247 e. The Balaban J connectivity index is 2.01. The average molecular weight is 274 g/mol. The van der Waals surface area contributed by atoms with Crippen LogP contribution in [0.25, 0.3) is 0 Å². The van der Waals surface area contributed by atoms with E-state index in [1.54, 1.807) is 0 Å². The SMILES string of the molecule is Cc1ccccc1CN(C)C(CN)C1CCCCCC1. The van der Waals surface area contributed by atoms with Gasteiger partial charge in [-0.3, -0.25) is 4.90 Å². The zero-order valence-electron chi connectivity index (χ0n) is 13.1. The molecule has 0 amide bonds. The van der Waals surface area contributed by atoms with Crippen LogP contribution in [0.1, 0.15) is 49.7 Å². The third kappa shape index (κ3) is 4.07. The van der Waals surface area contributed by atoms with Crippen molar-refractivity contribution >= 4 is 0 Å². The van der Waals surface area contributed by atoms with Crippen LogP contribution in [-0.4, -0.2) is 24.5 Å². The fourth-order valence-corrected chi connectivity index (χ4v) is 3.60. The molecule has 0 saturated heterocycles. The van der Waals surface area contributed by atoms with Gasteiger partial charge in [-0.15, -0.1) is 0 Å². The summed E-state index contributed by atoms with van der Waals surface area (Å²) in [6, 6.07) is 9.23. The molecule has 0 bridgehead atoms. The Bertz CT molecular complexity index is 394. The maximum atomic E-state index is 6.11. The van der Waals surface area contributed by atoms with Crippen molar-refractivity contribution in [2.75, 3.05) is 13.6 Å². The van der Waals surface area contributed by atoms with Crippen LogP contribution in [0.3, 0.4) is 0 Å². The number of benzene rings is 1. The number of hydrogen-bond acceptors (Lipinski definition) is 2. The van der Waals surface area contributed by atoms with Gasteiger partial charge in [0.1, 0.15) is 0 Å². The Labute approximate surface area is 124 Å². The van der Waals surface area contributed by atoms with Crippen LogP contribution in [0.2, 0.25) is 0 Å². The van der Waals surface area contributed by atoms with Crippen molar-refractivity contribution in [2.45, 2.75) is 58.0 Å². The van der Waals surface area contributed by atoms with Crippen LogP contribution in [0, 0.1) is 12.8 Å². The molecule has 1 fully saturated rings. The molecule has 1 aliphatic rings. The van der Waals surface area contributed by atoms with E-state index in [9.17, 15) is 0 Å². The van der Waals surface area contributed by atoms with Crippen molar-refractivity contribution in [2.24, 2.45) is 11.7 Å². The third-order valence-corrected chi connectivity index (χ3v) is 4.93. The van der Waals surface area contributed by atoms with E-state index in [0.717, 1.165) is 19.0 Å². The molecule has 1 aromatic carbocycles. The first-order chi connectivity index (χ1) is 9.72. The van der Waals surface area contributed by atoms with Gasteiger partial charge < -0.3 is 5.73 Å². The van der Waals surface area contributed by atoms with Crippen LogP contribution in [0.5, 0.6) is 0 Å². The summed E-state index contributed by atoms with van der Waals surface area (Å²) < 4.78 is 0. The monoisotopic (exact) mass is 274 g/mol. The second-order valence-corrected chi connectivity index (χ2v) is 6.40. The lowest BCUT2D eigenvalue weighted by atomic mass is 9.90. The minimum atomic E-state index is 0.535. The summed E-state index contributed by atoms with van der Waals surface area (Å²) in [6.45, 7) is 4.00. The van der Waals surface area contributed by atoms with Crippen molar-refractivity contribution in [1.29, 1.82) is 0 Å². The van der Waals surface area contributed by atoms with Crippen molar-refractivity contribution in [3.8, 4) is 0 Å². The van der Waals surface area contributed by atoms with Gasteiger partial charge in [0.25, 0.3) is 0 Å². The molecule has 0 heterocycles. The molecule has 2 N–H and O–H groups in total. The molecule has 112 valence electrons. The van der Waals surface area contributed by atoms with Crippen molar-refractivity contribution in [1.82, 2.24) is 4.90 Å². The topological polar surface area (TPSA) is 29.3 Å². The van der Waals surface area contributed by atoms with Crippen LogP contribution in [0.4, 0.5) is 0 Å². The van der Waals surface area contributed by atoms with E-state index in [2.05, 4.69) is 43.1 Å². The summed E-state index contributed by atoms with van der Waals surface area (Å²) >= 11 is 0. The number of rotatable bonds is 5. The molecule has 1 atom stereocenters. The molecule has 1 saturated carbocycles. The van der Waals surface area contributed by atoms with E-state index < -0.39 is 0 Å². The lowest BCUT2D eigenvalue weighted by molar-refractivity contribution is 0.160. The van der Waals surface area contributed by atoms with Crippen molar-refractivity contribution in [3.63, 3.8) is 0 Å². The predicted octanol–water partition coefficient (Wildman–Crippen LogP) is 3.72. The molecule has 1 unspecified atom stereocenters. The molecule has 2 nitrogen and oxygen atoms in total. The molecular formula is C18H30N2. The zero-order valence-corrected chi connectivity index (χ0v) is 13.1. The number of hydrogen-bond donors (Lipinski definition) is 1. The van der Waals surface area contributed by atoms with Gasteiger partial charge in [-0.1, -0.05) is 49.9 Å². The van der Waals surface area contributed by atoms with Gasteiger partial charge in [0, 0.05) is 19.1 Å². The molecule has 0 radical (unpaired) electrons. The normalized spacial score (nSPS) is 19.0. The van der Waals surface area contributed by atoms with E-state index in [0.29, 0.717) is 6.04 Å². The number of nitrogens with two attached hydrogens (primary N) is 1. The lowest BCUT2D eigenvalue weighted by Crippen LogP contribution is -2.43. The highest BCUT2D eigenvalue weighted by Gasteiger charge is 2.25. The molecule has 0 aliphatic heterocycles. The van der Waals surface area contributed by atoms with Gasteiger partial charge in [0.15, 0.2) is 0 Å². The quantitative estimate of drug-likeness (QED) is 0.829. The second-order valence-electron chi connectivity index (χ2n) is 6.40. The summed E-state index contributed by atoms with van der Waals surface area (Å²) in [4.78, 5) is 2.48. The van der Waals surface area contributed by atoms with Crippen LogP contribution < -0.4 is 5.73 Å². The van der Waals surface area contributed by atoms with E-state index in [1.165, 1.54) is 49.7 Å². The maximum absolute atomic E-state index is 6.11. The minimum Gasteiger partial charge on any atom is -0.329 e. The standard InChI is InChI=1S/C18H30N2/c1-15-9-7-8-12-17(15)14-20(2)18(13-19)16-10-5-3-4-6-11-16/h7-9,12,16,18H,3-6,10-11,13-14,19H2,1-2H3. The van der Waals surface area contributed by atoms with Gasteiger partial charge >= 0.3 is 0 Å². The molecule has 0 spiro atoms. The van der Waals surface area contributed by atoms with Crippen LogP contribution in [-0.2, 0) is 6.54 Å². The Morgan fingerprint density at radius 1 is 1.15 bits per heavy atom. The average Bonchev–Trinajstić information content (AvgIpc) is 2.71. The first kappa shape index (κ1) is 15.5. The molecular weight excluding hydrogens is 244 g/mol. The fourth-order valence-electron chi connectivity index (χ4n) is 3.60. The molecule has 1 aromatic rings. The van der Waals surface area contributed by atoms with Crippen molar-refractivity contribution in [3.05, 3.63) is 35.4 Å². The number of aryl methyl sites for hydroxylation is 1. The first-order valence-electron chi connectivity index (χ1n) is 8.17. The van der Waals surface area contributed by atoms with E-state index >= 15 is 0 Å². The highest BCUT2D eigenvalue weighted by atomic mass is 15.1. The summed E-state index contributed by atoms with van der Waals surface area (Å²) in [7, 11) is 2.24.